The lowest BCUT2D eigenvalue weighted by Crippen LogP contribution is -2.50. The van der Waals surface area contributed by atoms with Gasteiger partial charge in [-0.1, -0.05) is 44.2 Å². The van der Waals surface area contributed by atoms with E-state index in [4.69, 9.17) is 8.85 Å². The molecule has 20 heavy (non-hydrogen) atoms. The summed E-state index contributed by atoms with van der Waals surface area (Å²) in [4.78, 5) is 25.0. The molecule has 0 saturated carbocycles. The molecular weight excluding hydrogens is 272 g/mol. The Hall–Kier alpha value is -1.30. The molecule has 4 nitrogen and oxygen atoms in total. The highest BCUT2D eigenvalue weighted by molar-refractivity contribution is 6.77. The summed E-state index contributed by atoms with van der Waals surface area (Å²) >= 11 is 0. The maximum Gasteiger partial charge on any atom is 0.356 e. The van der Waals surface area contributed by atoms with E-state index in [0.29, 0.717) is 18.0 Å². The first kappa shape index (κ1) is 16.8. The number of carbonyl (C=O) groups is 2. The highest BCUT2D eigenvalue weighted by atomic mass is 28.4. The summed E-state index contributed by atoms with van der Waals surface area (Å²) in [6, 6.07) is 9.40. The predicted molar refractivity (Wildman–Crippen MR) is 80.1 cm³/mol. The molecule has 0 fully saturated rings. The van der Waals surface area contributed by atoms with E-state index in [2.05, 4.69) is 0 Å². The second kappa shape index (κ2) is 7.47. The predicted octanol–water partition coefficient (Wildman–Crippen LogP) is 2.97. The van der Waals surface area contributed by atoms with Gasteiger partial charge in [0, 0.05) is 26.2 Å². The minimum atomic E-state index is -2.88. The Balaban J connectivity index is 3.26. The summed E-state index contributed by atoms with van der Waals surface area (Å²) in [5.74, 6) is -0.314. The molecule has 0 aliphatic rings. The highest BCUT2D eigenvalue weighted by Crippen LogP contribution is 2.32. The van der Waals surface area contributed by atoms with Crippen molar-refractivity contribution in [1.82, 2.24) is 0 Å². The number of hydrogen-bond acceptors (Lipinski definition) is 4. The van der Waals surface area contributed by atoms with Crippen molar-refractivity contribution in [1.29, 1.82) is 0 Å². The quantitative estimate of drug-likeness (QED) is 0.420. The molecule has 1 atom stereocenters. The molecule has 0 bridgehead atoms. The lowest BCUT2D eigenvalue weighted by Gasteiger charge is -2.32. The topological polar surface area (TPSA) is 52.6 Å². The second-order valence-corrected chi connectivity index (χ2v) is 8.28. The fraction of sp³-hybridized carbons (Fsp3) is 0.467. The van der Waals surface area contributed by atoms with Crippen LogP contribution in [0.1, 0.15) is 30.6 Å². The fourth-order valence-electron chi connectivity index (χ4n) is 2.38. The summed E-state index contributed by atoms with van der Waals surface area (Å²) in [5, 5.41) is 0. The van der Waals surface area contributed by atoms with Gasteiger partial charge in [-0.15, -0.1) is 0 Å². The van der Waals surface area contributed by atoms with Crippen LogP contribution in [0.4, 0.5) is 0 Å². The Kier molecular flexibility index (Phi) is 6.26. The average molecular weight is 294 g/mol. The summed E-state index contributed by atoms with van der Waals surface area (Å²) in [5.41, 5.74) is -0.284. The van der Waals surface area contributed by atoms with Crippen LogP contribution < -0.4 is 0 Å². The van der Waals surface area contributed by atoms with Crippen LogP contribution >= 0.6 is 0 Å². The van der Waals surface area contributed by atoms with Crippen molar-refractivity contribution < 1.29 is 18.4 Å². The third-order valence-corrected chi connectivity index (χ3v) is 7.45. The largest absolute Gasteiger partial charge is 0.397 e. The normalized spacial score (nSPS) is 13.0. The molecule has 0 radical (unpaired) electrons. The van der Waals surface area contributed by atoms with Crippen LogP contribution in [-0.2, 0) is 13.6 Å². The third-order valence-electron chi connectivity index (χ3n) is 3.61. The lowest BCUT2D eigenvalue weighted by molar-refractivity contribution is -0.118. The molecule has 1 rings (SSSR count). The van der Waals surface area contributed by atoms with E-state index in [1.54, 1.807) is 31.2 Å². The molecule has 0 aromatic heterocycles. The van der Waals surface area contributed by atoms with Crippen molar-refractivity contribution in [2.24, 2.45) is 0 Å². The number of benzene rings is 1. The summed E-state index contributed by atoms with van der Waals surface area (Å²) in [7, 11) is 0.167. The Morgan fingerprint density at radius 2 is 1.65 bits per heavy atom. The van der Waals surface area contributed by atoms with Gasteiger partial charge in [0.1, 0.15) is 11.3 Å². The van der Waals surface area contributed by atoms with E-state index in [9.17, 15) is 9.59 Å². The molecule has 1 aromatic rings. The zero-order valence-corrected chi connectivity index (χ0v) is 13.5. The molecule has 0 heterocycles. The molecular formula is C15H22O4Si. The SMILES string of the molecule is CCC(=O)C(C(=O)c1ccccc1)[Si](CC)(OC)OC. The first-order valence-corrected chi connectivity index (χ1v) is 8.88. The number of ketones is 2. The molecule has 0 N–H and O–H groups in total. The van der Waals surface area contributed by atoms with Crippen molar-refractivity contribution in [3.63, 3.8) is 0 Å². The van der Waals surface area contributed by atoms with E-state index < -0.39 is 14.1 Å². The van der Waals surface area contributed by atoms with Crippen LogP contribution in [0.25, 0.3) is 0 Å². The van der Waals surface area contributed by atoms with Gasteiger partial charge < -0.3 is 8.85 Å². The molecule has 0 spiro atoms. The van der Waals surface area contributed by atoms with Gasteiger partial charge in [-0.2, -0.15) is 0 Å². The van der Waals surface area contributed by atoms with Crippen LogP contribution in [-0.4, -0.2) is 34.3 Å². The molecule has 1 unspecified atom stereocenters. The van der Waals surface area contributed by atoms with Crippen LogP contribution in [0.3, 0.4) is 0 Å². The molecule has 1 aromatic carbocycles. The van der Waals surface area contributed by atoms with E-state index in [-0.39, 0.29) is 11.6 Å². The van der Waals surface area contributed by atoms with Gasteiger partial charge in [0.2, 0.25) is 0 Å². The number of rotatable bonds is 8. The van der Waals surface area contributed by atoms with Crippen molar-refractivity contribution in [2.45, 2.75) is 31.9 Å². The Morgan fingerprint density at radius 3 is 2.05 bits per heavy atom. The van der Waals surface area contributed by atoms with Gasteiger partial charge in [-0.05, 0) is 6.04 Å². The van der Waals surface area contributed by atoms with Crippen molar-refractivity contribution in [3.05, 3.63) is 35.9 Å². The minimum absolute atomic E-state index is 0.115. The monoisotopic (exact) mass is 294 g/mol. The van der Waals surface area contributed by atoms with Crippen LogP contribution in [0.5, 0.6) is 0 Å². The van der Waals surface area contributed by atoms with Gasteiger partial charge in [0.15, 0.2) is 5.78 Å². The van der Waals surface area contributed by atoms with Crippen LogP contribution in [0.2, 0.25) is 11.6 Å². The highest BCUT2D eigenvalue weighted by Gasteiger charge is 2.50. The average Bonchev–Trinajstić information content (AvgIpc) is 2.52. The Morgan fingerprint density at radius 1 is 1.10 bits per heavy atom. The zero-order chi connectivity index (χ0) is 15.2. The van der Waals surface area contributed by atoms with Gasteiger partial charge in [-0.3, -0.25) is 9.59 Å². The molecule has 0 amide bonds. The van der Waals surface area contributed by atoms with Gasteiger partial charge >= 0.3 is 8.56 Å². The maximum atomic E-state index is 12.7. The molecule has 0 aliphatic heterocycles. The zero-order valence-electron chi connectivity index (χ0n) is 12.5. The first-order chi connectivity index (χ1) is 9.56. The Bertz CT molecular complexity index is 446. The van der Waals surface area contributed by atoms with Gasteiger partial charge in [0.05, 0.1) is 0 Å². The van der Waals surface area contributed by atoms with Crippen molar-refractivity contribution in [3.8, 4) is 0 Å². The fourth-order valence-corrected chi connectivity index (χ4v) is 5.26. The first-order valence-electron chi connectivity index (χ1n) is 6.78. The maximum absolute atomic E-state index is 12.7. The summed E-state index contributed by atoms with van der Waals surface area (Å²) in [6.07, 6.45) is 0.296. The van der Waals surface area contributed by atoms with E-state index >= 15 is 0 Å². The summed E-state index contributed by atoms with van der Waals surface area (Å²) < 4.78 is 11.1. The van der Waals surface area contributed by atoms with Crippen LogP contribution in [0, 0.1) is 0 Å². The minimum Gasteiger partial charge on any atom is -0.397 e. The standard InChI is InChI=1S/C15H22O4Si/c1-5-13(16)15(20(6-2,18-3)19-4)14(17)12-10-8-7-9-11-12/h7-11,15H,5-6H2,1-4H3. The van der Waals surface area contributed by atoms with Crippen LogP contribution in [0.15, 0.2) is 30.3 Å². The number of hydrogen-bond donors (Lipinski definition) is 0. The number of carbonyl (C=O) groups excluding carboxylic acids is 2. The molecule has 0 aliphatic carbocycles. The van der Waals surface area contributed by atoms with Gasteiger partial charge in [0.25, 0.3) is 0 Å². The van der Waals surface area contributed by atoms with Crippen molar-refractivity contribution in [2.75, 3.05) is 14.2 Å². The second-order valence-electron chi connectivity index (χ2n) is 4.56. The molecule has 5 heteroatoms. The third kappa shape index (κ3) is 3.23. The van der Waals surface area contributed by atoms with E-state index in [0.717, 1.165) is 0 Å². The number of Topliss-reactive ketones (excluding diaryl/α,β-unsaturated/α-hetero) is 2. The van der Waals surface area contributed by atoms with E-state index in [1.165, 1.54) is 14.2 Å². The summed E-state index contributed by atoms with van der Waals surface area (Å²) in [6.45, 7) is 3.65. The molecule has 0 saturated heterocycles. The smallest absolute Gasteiger partial charge is 0.356 e. The van der Waals surface area contributed by atoms with Crippen molar-refractivity contribution >= 4 is 20.1 Å². The van der Waals surface area contributed by atoms with Gasteiger partial charge in [-0.25, -0.2) is 0 Å². The lowest BCUT2D eigenvalue weighted by atomic mass is 10.0. The molecule has 110 valence electrons. The Labute approximate surface area is 121 Å². The van der Waals surface area contributed by atoms with E-state index in [1.807, 2.05) is 13.0 Å².